The van der Waals surface area contributed by atoms with Crippen molar-refractivity contribution >= 4 is 31.0 Å². The first kappa shape index (κ1) is 31.0. The van der Waals surface area contributed by atoms with E-state index in [1.165, 1.54) is 38.5 Å². The molecule has 3 heterocycles. The quantitative estimate of drug-likeness (QED) is 0.123. The van der Waals surface area contributed by atoms with Gasteiger partial charge in [-0.2, -0.15) is 4.98 Å². The molecule has 42 heavy (non-hydrogen) atoms. The topological polar surface area (TPSA) is 140 Å². The summed E-state index contributed by atoms with van der Waals surface area (Å²) in [6, 6.07) is 8.85. The van der Waals surface area contributed by atoms with Gasteiger partial charge in [0.1, 0.15) is 11.5 Å². The summed E-state index contributed by atoms with van der Waals surface area (Å²) in [5.41, 5.74) is 1.76. The van der Waals surface area contributed by atoms with Crippen molar-refractivity contribution in [3.63, 3.8) is 0 Å². The van der Waals surface area contributed by atoms with E-state index in [4.69, 9.17) is 9.97 Å². The molecule has 1 saturated carbocycles. The molecule has 0 amide bonds. The van der Waals surface area contributed by atoms with Gasteiger partial charge in [-0.05, 0) is 57.5 Å². The molecule has 1 aromatic carbocycles. The Hall–Kier alpha value is -2.47. The number of hydrogen-bond acceptors (Lipinski definition) is 11. The van der Waals surface area contributed by atoms with Gasteiger partial charge in [-0.25, -0.2) is 4.98 Å². The predicted molar refractivity (Wildman–Crippen MR) is 169 cm³/mol. The van der Waals surface area contributed by atoms with Crippen LogP contribution in [0.4, 0.5) is 11.8 Å². The van der Waals surface area contributed by atoms with Gasteiger partial charge in [-0.1, -0.05) is 36.6 Å². The van der Waals surface area contributed by atoms with Gasteiger partial charge < -0.3 is 30.6 Å². The van der Waals surface area contributed by atoms with Crippen LogP contribution in [0.2, 0.25) is 0 Å². The lowest BCUT2D eigenvalue weighted by molar-refractivity contribution is 0.269. The van der Waals surface area contributed by atoms with Crippen molar-refractivity contribution in [1.29, 1.82) is 0 Å². The predicted octanol–water partition coefficient (Wildman–Crippen LogP) is 2.54. The Kier molecular flexibility index (Phi) is 12.1. The Balaban J connectivity index is 1.05. The molecule has 2 aliphatic rings. The number of fused-ring (bicyclic) bond motifs is 1. The molecule has 2 fully saturated rings. The van der Waals surface area contributed by atoms with E-state index in [0.29, 0.717) is 25.2 Å². The van der Waals surface area contributed by atoms with Crippen LogP contribution in [0.1, 0.15) is 50.6 Å². The van der Waals surface area contributed by atoms with E-state index < -0.39 is 8.38 Å². The molecule has 1 saturated heterocycles. The van der Waals surface area contributed by atoms with Crippen molar-refractivity contribution in [2.45, 2.75) is 64.1 Å². The van der Waals surface area contributed by atoms with Gasteiger partial charge in [-0.3, -0.25) is 9.58 Å². The van der Waals surface area contributed by atoms with Gasteiger partial charge >= 0.3 is 0 Å². The van der Waals surface area contributed by atoms with Gasteiger partial charge in [0.2, 0.25) is 5.95 Å². The number of aromatic nitrogens is 5. The maximum absolute atomic E-state index is 9.26. The molecule has 13 heteroatoms. The lowest BCUT2D eigenvalue weighted by atomic mass is 9.95. The summed E-state index contributed by atoms with van der Waals surface area (Å²) in [6.45, 7) is 8.55. The largest absolute Gasteiger partial charge is 0.353 e. The number of hydrogen-bond donors (Lipinski definition) is 5. The monoisotopic (exact) mass is 598 g/mol. The number of nitrogens with zero attached hydrogens (tertiary/aromatic N) is 7. The number of aryl methyl sites for hydroxylation is 1. The van der Waals surface area contributed by atoms with Gasteiger partial charge in [0.25, 0.3) is 0 Å². The lowest BCUT2D eigenvalue weighted by Crippen LogP contribution is -2.47. The Labute approximate surface area is 250 Å². The molecule has 1 aliphatic heterocycles. The molecule has 3 aromatic rings. The van der Waals surface area contributed by atoms with Crippen LogP contribution in [0.3, 0.4) is 0 Å². The maximum atomic E-state index is 9.26. The SMILES string of the molecule is OP(O)CCN1CCN(c2nc(NCc3cn(CCCNCCCNC4CCCCC4)nn3)nc3ccccc23)CC1. The molecule has 1 aliphatic carbocycles. The van der Waals surface area contributed by atoms with E-state index in [9.17, 15) is 9.79 Å². The molecule has 2 aromatic heterocycles. The third-order valence-corrected chi connectivity index (χ3v) is 8.79. The van der Waals surface area contributed by atoms with Crippen LogP contribution in [0.5, 0.6) is 0 Å². The fourth-order valence-electron chi connectivity index (χ4n) is 5.81. The number of benzene rings is 1. The average Bonchev–Trinajstić information content (AvgIpc) is 3.48. The molecule has 5 rings (SSSR count). The number of rotatable bonds is 16. The third kappa shape index (κ3) is 9.52. The summed E-state index contributed by atoms with van der Waals surface area (Å²) >= 11 is 0. The van der Waals surface area contributed by atoms with Crippen LogP contribution >= 0.6 is 8.38 Å². The number of anilines is 2. The molecule has 5 N–H and O–H groups in total. The first-order chi connectivity index (χ1) is 20.6. The summed E-state index contributed by atoms with van der Waals surface area (Å²) in [4.78, 5) is 32.7. The first-order valence-electron chi connectivity index (χ1n) is 15.6. The first-order valence-corrected chi connectivity index (χ1v) is 17.0. The van der Waals surface area contributed by atoms with Crippen molar-refractivity contribution in [3.8, 4) is 0 Å². The number of nitrogens with one attached hydrogen (secondary N) is 3. The van der Waals surface area contributed by atoms with Gasteiger partial charge in [0.05, 0.1) is 18.3 Å². The summed E-state index contributed by atoms with van der Waals surface area (Å²) in [5.74, 6) is 1.50. The van der Waals surface area contributed by atoms with Gasteiger partial charge in [0.15, 0.2) is 8.38 Å². The van der Waals surface area contributed by atoms with Gasteiger partial charge in [-0.15, -0.1) is 5.10 Å². The standard InChI is InChI=1S/C29H47N10O2P/c40-42(41)21-20-37-16-18-38(19-17-37)28-26-10-4-5-11-27(26)33-29(34-28)32-22-25-23-39(36-35-25)15-7-13-30-12-6-14-31-24-8-2-1-3-9-24/h4-5,10-11,23-24,30-31,40-41H,1-3,6-9,12-22H2,(H,32,33,34). The normalized spacial score (nSPS) is 17.0. The van der Waals surface area contributed by atoms with E-state index in [1.54, 1.807) is 0 Å². The maximum Gasteiger partial charge on any atom is 0.225 e. The molecule has 0 atom stereocenters. The molecule has 12 nitrogen and oxygen atoms in total. The van der Waals surface area contributed by atoms with Crippen LogP contribution in [0.25, 0.3) is 10.9 Å². The Morgan fingerprint density at radius 1 is 0.905 bits per heavy atom. The zero-order valence-corrected chi connectivity index (χ0v) is 25.6. The second kappa shape index (κ2) is 16.4. The Morgan fingerprint density at radius 3 is 2.55 bits per heavy atom. The molecular formula is C29H47N10O2P. The molecule has 0 bridgehead atoms. The van der Waals surface area contributed by atoms with Crippen molar-refractivity contribution < 1.29 is 9.79 Å². The minimum absolute atomic E-state index is 0.430. The van der Waals surface area contributed by atoms with Crippen LogP contribution in [-0.2, 0) is 13.1 Å². The third-order valence-electron chi connectivity index (χ3n) is 8.19. The highest BCUT2D eigenvalue weighted by Crippen LogP contribution is 2.27. The van der Waals surface area contributed by atoms with Crippen LogP contribution < -0.4 is 20.9 Å². The van der Waals surface area contributed by atoms with Crippen molar-refractivity contribution in [2.75, 3.05) is 68.7 Å². The summed E-state index contributed by atoms with van der Waals surface area (Å²) in [6.07, 6.45) is 11.5. The second-order valence-corrected chi connectivity index (χ2v) is 12.6. The highest BCUT2D eigenvalue weighted by Gasteiger charge is 2.21. The fourth-order valence-corrected chi connectivity index (χ4v) is 6.27. The number of para-hydroxylation sites is 1. The minimum atomic E-state index is -1.84. The van der Waals surface area contributed by atoms with E-state index >= 15 is 0 Å². The van der Waals surface area contributed by atoms with Crippen molar-refractivity contribution in [2.24, 2.45) is 0 Å². The number of piperazine rings is 1. The van der Waals surface area contributed by atoms with Crippen molar-refractivity contribution in [1.82, 2.24) is 40.5 Å². The van der Waals surface area contributed by atoms with Crippen LogP contribution in [0.15, 0.2) is 30.5 Å². The highest BCUT2D eigenvalue weighted by atomic mass is 31.2. The summed E-state index contributed by atoms with van der Waals surface area (Å²) in [5, 5.41) is 20.3. The Bertz CT molecular complexity index is 1210. The zero-order valence-electron chi connectivity index (χ0n) is 24.7. The molecule has 230 valence electrons. The van der Waals surface area contributed by atoms with E-state index in [0.717, 1.165) is 87.2 Å². The van der Waals surface area contributed by atoms with Crippen LogP contribution in [-0.4, -0.2) is 104 Å². The van der Waals surface area contributed by atoms with E-state index in [-0.39, 0.29) is 0 Å². The minimum Gasteiger partial charge on any atom is -0.353 e. The second-order valence-electron chi connectivity index (χ2n) is 11.4. The van der Waals surface area contributed by atoms with Crippen molar-refractivity contribution in [3.05, 3.63) is 36.2 Å². The smallest absolute Gasteiger partial charge is 0.225 e. The Morgan fingerprint density at radius 2 is 1.71 bits per heavy atom. The lowest BCUT2D eigenvalue weighted by Gasteiger charge is -2.36. The molecular weight excluding hydrogens is 551 g/mol. The summed E-state index contributed by atoms with van der Waals surface area (Å²) < 4.78 is 1.91. The zero-order chi connectivity index (χ0) is 29.0. The summed E-state index contributed by atoms with van der Waals surface area (Å²) in [7, 11) is -1.84. The highest BCUT2D eigenvalue weighted by molar-refractivity contribution is 7.45. The van der Waals surface area contributed by atoms with E-state index in [1.807, 2.05) is 29.1 Å². The average molecular weight is 599 g/mol. The fraction of sp³-hybridized carbons (Fsp3) is 0.655. The van der Waals surface area contributed by atoms with Gasteiger partial charge in [0, 0.05) is 56.9 Å². The molecule has 0 spiro atoms. The van der Waals surface area contributed by atoms with Crippen LogP contribution in [0, 0.1) is 0 Å². The molecule has 0 unspecified atom stereocenters. The van der Waals surface area contributed by atoms with E-state index in [2.05, 4.69) is 42.1 Å². The molecule has 0 radical (unpaired) electrons.